The minimum Gasteiger partial charge on any atom is -0.370 e. The number of likely N-dealkylation sites (N-methyl/N-ethyl adjacent to an activating group) is 1. The number of carbonyl (C=O) groups is 1. The van der Waals surface area contributed by atoms with Crippen LogP contribution in [-0.4, -0.2) is 94.5 Å². The zero-order valence-electron chi connectivity index (χ0n) is 17.1. The maximum Gasteiger partial charge on any atom is 0.248 e. The van der Waals surface area contributed by atoms with Crippen LogP contribution in [0.2, 0.25) is 0 Å². The number of rotatable bonds is 5. The molecule has 2 fully saturated rings. The molecule has 2 aliphatic rings. The van der Waals surface area contributed by atoms with Crippen molar-refractivity contribution in [3.8, 4) is 0 Å². The Morgan fingerprint density at radius 2 is 2.04 bits per heavy atom. The van der Waals surface area contributed by atoms with E-state index in [2.05, 4.69) is 47.8 Å². The average molecular weight is 387 g/mol. The van der Waals surface area contributed by atoms with Crippen molar-refractivity contribution >= 4 is 17.4 Å². The molecule has 0 atom stereocenters. The number of ether oxygens (including phenoxy) is 1. The van der Waals surface area contributed by atoms with E-state index in [1.54, 1.807) is 0 Å². The van der Waals surface area contributed by atoms with E-state index in [0.717, 1.165) is 43.5 Å². The predicted octanol–water partition coefficient (Wildman–Crippen LogP) is 0.401. The van der Waals surface area contributed by atoms with Crippen LogP contribution in [0.4, 0.5) is 5.82 Å². The number of anilines is 1. The number of carbonyl (C=O) groups excluding carboxylic acids is 1. The highest BCUT2D eigenvalue weighted by atomic mass is 16.5. The van der Waals surface area contributed by atoms with Crippen molar-refractivity contribution in [2.45, 2.75) is 32.2 Å². The summed E-state index contributed by atoms with van der Waals surface area (Å²) in [6, 6.07) is 4.46. The van der Waals surface area contributed by atoms with Gasteiger partial charge in [-0.15, -0.1) is 15.3 Å². The van der Waals surface area contributed by atoms with Crippen LogP contribution in [-0.2, 0) is 14.9 Å². The van der Waals surface area contributed by atoms with Crippen LogP contribution >= 0.6 is 0 Å². The van der Waals surface area contributed by atoms with Crippen LogP contribution in [0.5, 0.6) is 0 Å². The molecule has 0 N–H and O–H groups in total. The Hall–Kier alpha value is -2.26. The lowest BCUT2D eigenvalue weighted by atomic mass is 9.96. The quantitative estimate of drug-likeness (QED) is 0.735. The highest BCUT2D eigenvalue weighted by molar-refractivity contribution is 5.77. The average Bonchev–Trinajstić information content (AvgIpc) is 3.03. The Kier molecular flexibility index (Phi) is 4.96. The lowest BCUT2D eigenvalue weighted by molar-refractivity contribution is -0.142. The highest BCUT2D eigenvalue weighted by Crippen LogP contribution is 2.24. The Balaban J connectivity index is 1.35. The van der Waals surface area contributed by atoms with Gasteiger partial charge in [0.2, 0.25) is 5.91 Å². The number of morpholine rings is 1. The fourth-order valence-electron chi connectivity index (χ4n) is 3.58. The fraction of sp³-hybridized carbons (Fsp3) is 0.684. The van der Waals surface area contributed by atoms with Crippen molar-refractivity contribution in [1.29, 1.82) is 0 Å². The van der Waals surface area contributed by atoms with E-state index in [-0.39, 0.29) is 17.9 Å². The molecule has 1 amide bonds. The number of fused-ring (bicyclic) bond motifs is 1. The summed E-state index contributed by atoms with van der Waals surface area (Å²) in [5, 5.41) is 13.3. The zero-order valence-corrected chi connectivity index (χ0v) is 17.1. The summed E-state index contributed by atoms with van der Waals surface area (Å²) in [5.74, 6) is 1.91. The molecule has 0 spiro atoms. The van der Waals surface area contributed by atoms with Crippen LogP contribution in [0.1, 0.15) is 26.6 Å². The van der Waals surface area contributed by atoms with Gasteiger partial charge in [-0.1, -0.05) is 20.8 Å². The second kappa shape index (κ2) is 7.29. The monoisotopic (exact) mass is 387 g/mol. The normalized spacial score (nSPS) is 19.0. The third-order valence-electron chi connectivity index (χ3n) is 5.54. The lowest BCUT2D eigenvalue weighted by Gasteiger charge is -2.45. The first-order valence-corrected chi connectivity index (χ1v) is 9.86. The molecule has 0 aromatic carbocycles. The summed E-state index contributed by atoms with van der Waals surface area (Å²) in [4.78, 5) is 18.3. The van der Waals surface area contributed by atoms with Crippen molar-refractivity contribution in [2.24, 2.45) is 0 Å². The molecule has 9 nitrogen and oxygen atoms in total. The van der Waals surface area contributed by atoms with Gasteiger partial charge in [0.05, 0.1) is 6.61 Å². The molecule has 0 aliphatic carbocycles. The minimum atomic E-state index is -0.111. The predicted molar refractivity (Wildman–Crippen MR) is 106 cm³/mol. The maximum absolute atomic E-state index is 11.8. The van der Waals surface area contributed by atoms with Crippen molar-refractivity contribution < 1.29 is 9.53 Å². The molecule has 4 rings (SSSR count). The Morgan fingerprint density at radius 3 is 2.75 bits per heavy atom. The Labute approximate surface area is 165 Å². The second-order valence-electron chi connectivity index (χ2n) is 8.71. The van der Waals surface area contributed by atoms with Crippen LogP contribution in [0.25, 0.3) is 5.65 Å². The van der Waals surface area contributed by atoms with Gasteiger partial charge in [0.1, 0.15) is 12.4 Å². The van der Waals surface area contributed by atoms with E-state index in [1.165, 1.54) is 0 Å². The number of aromatic nitrogens is 4. The maximum atomic E-state index is 11.8. The summed E-state index contributed by atoms with van der Waals surface area (Å²) >= 11 is 0. The van der Waals surface area contributed by atoms with E-state index in [1.807, 2.05) is 21.5 Å². The van der Waals surface area contributed by atoms with Crippen molar-refractivity contribution in [2.75, 3.05) is 57.9 Å². The van der Waals surface area contributed by atoms with E-state index >= 15 is 0 Å². The molecule has 0 bridgehead atoms. The number of hydrogen-bond donors (Lipinski definition) is 0. The number of hydrogen-bond acceptors (Lipinski definition) is 7. The first-order chi connectivity index (χ1) is 13.3. The largest absolute Gasteiger partial charge is 0.370 e. The molecule has 0 radical (unpaired) electrons. The third kappa shape index (κ3) is 3.68. The fourth-order valence-corrected chi connectivity index (χ4v) is 3.58. The van der Waals surface area contributed by atoms with Gasteiger partial charge in [-0.2, -0.15) is 4.52 Å². The molecule has 9 heteroatoms. The van der Waals surface area contributed by atoms with E-state index in [0.29, 0.717) is 19.2 Å². The van der Waals surface area contributed by atoms with Gasteiger partial charge in [0.25, 0.3) is 0 Å². The standard InChI is InChI=1S/C19H29N7O2/c1-19(2,3)18-21-20-15-5-6-16(22-26(15)18)25-11-14(12-25)23(4)7-8-24-9-10-28-13-17(24)27/h5-6,14H,7-13H2,1-4H3. The molecule has 2 aromatic rings. The topological polar surface area (TPSA) is 79.1 Å². The van der Waals surface area contributed by atoms with E-state index in [9.17, 15) is 4.79 Å². The van der Waals surface area contributed by atoms with Crippen molar-refractivity contribution in [3.05, 3.63) is 18.0 Å². The summed E-state index contributed by atoms with van der Waals surface area (Å²) in [7, 11) is 2.13. The van der Waals surface area contributed by atoms with Crippen LogP contribution in [0, 0.1) is 0 Å². The van der Waals surface area contributed by atoms with E-state index < -0.39 is 0 Å². The molecular weight excluding hydrogens is 358 g/mol. The van der Waals surface area contributed by atoms with Crippen LogP contribution < -0.4 is 4.90 Å². The molecule has 2 saturated heterocycles. The molecule has 2 aromatic heterocycles. The summed E-state index contributed by atoms with van der Waals surface area (Å²) in [6.07, 6.45) is 0. The lowest BCUT2D eigenvalue weighted by Crippen LogP contribution is -2.60. The Bertz CT molecular complexity index is 854. The first kappa shape index (κ1) is 19.1. The molecule has 152 valence electrons. The molecular formula is C19H29N7O2. The molecule has 2 aliphatic heterocycles. The smallest absolute Gasteiger partial charge is 0.248 e. The van der Waals surface area contributed by atoms with Gasteiger partial charge in [-0.05, 0) is 19.2 Å². The van der Waals surface area contributed by atoms with Gasteiger partial charge in [-0.3, -0.25) is 9.69 Å². The first-order valence-electron chi connectivity index (χ1n) is 9.86. The van der Waals surface area contributed by atoms with Gasteiger partial charge < -0.3 is 14.5 Å². The minimum absolute atomic E-state index is 0.0935. The SMILES string of the molecule is CN(CCN1CCOCC1=O)C1CN(c2ccc3nnc(C(C)(C)C)n3n2)C1. The van der Waals surface area contributed by atoms with E-state index in [4.69, 9.17) is 9.84 Å². The van der Waals surface area contributed by atoms with Crippen LogP contribution in [0.15, 0.2) is 12.1 Å². The van der Waals surface area contributed by atoms with Crippen LogP contribution in [0.3, 0.4) is 0 Å². The van der Waals surface area contributed by atoms with Crippen molar-refractivity contribution in [3.63, 3.8) is 0 Å². The highest BCUT2D eigenvalue weighted by Gasteiger charge is 2.32. The van der Waals surface area contributed by atoms with Crippen molar-refractivity contribution in [1.82, 2.24) is 29.6 Å². The van der Waals surface area contributed by atoms with Gasteiger partial charge in [0.15, 0.2) is 11.5 Å². The molecule has 4 heterocycles. The second-order valence-corrected chi connectivity index (χ2v) is 8.71. The molecule has 0 saturated carbocycles. The summed E-state index contributed by atoms with van der Waals surface area (Å²) in [6.45, 7) is 11.4. The molecule has 28 heavy (non-hydrogen) atoms. The Morgan fingerprint density at radius 1 is 1.25 bits per heavy atom. The molecule has 0 unspecified atom stereocenters. The third-order valence-corrected chi connectivity index (χ3v) is 5.54. The van der Waals surface area contributed by atoms with Gasteiger partial charge in [0, 0.05) is 44.2 Å². The number of nitrogens with zero attached hydrogens (tertiary/aromatic N) is 7. The summed E-state index contributed by atoms with van der Waals surface area (Å²) in [5.41, 5.74) is 0.665. The van der Waals surface area contributed by atoms with Gasteiger partial charge in [-0.25, -0.2) is 0 Å². The zero-order chi connectivity index (χ0) is 19.9. The number of amides is 1. The summed E-state index contributed by atoms with van der Waals surface area (Å²) < 4.78 is 7.04. The van der Waals surface area contributed by atoms with Gasteiger partial charge >= 0.3 is 0 Å².